The van der Waals surface area contributed by atoms with Crippen molar-refractivity contribution in [1.29, 1.82) is 0 Å². The van der Waals surface area contributed by atoms with E-state index in [0.717, 1.165) is 39.3 Å². The maximum absolute atomic E-state index is 5.97. The topological polar surface area (TPSA) is 54.1 Å². The van der Waals surface area contributed by atoms with E-state index in [4.69, 9.17) is 10.5 Å². The summed E-state index contributed by atoms with van der Waals surface area (Å²) in [6.45, 7) is 5.53. The number of guanidine groups is 1. The van der Waals surface area contributed by atoms with Crippen LogP contribution in [-0.2, 0) is 4.74 Å². The lowest BCUT2D eigenvalue weighted by Gasteiger charge is -2.27. The third-order valence-corrected chi connectivity index (χ3v) is 3.11. The fourth-order valence-corrected chi connectivity index (χ4v) is 1.92. The van der Waals surface area contributed by atoms with E-state index >= 15 is 0 Å². The Bertz CT molecular complexity index is 232. The number of hydrogen-bond donors (Lipinski definition) is 1. The summed E-state index contributed by atoms with van der Waals surface area (Å²) < 4.78 is 5.02. The van der Waals surface area contributed by atoms with Crippen LogP contribution in [-0.4, -0.2) is 69.2 Å². The predicted molar refractivity (Wildman–Crippen MR) is 86.7 cm³/mol. The minimum atomic E-state index is 0. The van der Waals surface area contributed by atoms with Crippen molar-refractivity contribution in [3.8, 4) is 0 Å². The van der Waals surface area contributed by atoms with Gasteiger partial charge in [0.25, 0.3) is 0 Å². The maximum atomic E-state index is 5.97. The minimum absolute atomic E-state index is 0. The van der Waals surface area contributed by atoms with E-state index in [9.17, 15) is 0 Å². The SMILES string of the molecule is COCCN(C)CCN=C(N)N1CCCCC1.I. The molecule has 0 amide bonds. The Morgan fingerprint density at radius 3 is 2.56 bits per heavy atom. The second-order valence-electron chi connectivity index (χ2n) is 4.58. The molecule has 0 bridgehead atoms. The van der Waals surface area contributed by atoms with Crippen molar-refractivity contribution in [1.82, 2.24) is 9.80 Å². The molecule has 0 atom stereocenters. The molecule has 1 rings (SSSR count). The van der Waals surface area contributed by atoms with Crippen LogP contribution in [0.25, 0.3) is 0 Å². The van der Waals surface area contributed by atoms with Crippen LogP contribution in [0.15, 0.2) is 4.99 Å². The number of hydrogen-bond acceptors (Lipinski definition) is 3. The van der Waals surface area contributed by atoms with Gasteiger partial charge in [0.2, 0.25) is 0 Å². The molecule has 108 valence electrons. The molecule has 2 N–H and O–H groups in total. The maximum Gasteiger partial charge on any atom is 0.191 e. The molecule has 6 heteroatoms. The van der Waals surface area contributed by atoms with E-state index in [0.29, 0.717) is 5.96 Å². The first-order valence-corrected chi connectivity index (χ1v) is 6.46. The smallest absolute Gasteiger partial charge is 0.191 e. The van der Waals surface area contributed by atoms with Gasteiger partial charge in [-0.2, -0.15) is 0 Å². The van der Waals surface area contributed by atoms with Crippen LogP contribution in [0.5, 0.6) is 0 Å². The second-order valence-corrected chi connectivity index (χ2v) is 4.58. The van der Waals surface area contributed by atoms with Crippen LogP contribution < -0.4 is 5.73 Å². The van der Waals surface area contributed by atoms with Gasteiger partial charge in [-0.25, -0.2) is 0 Å². The standard InChI is InChI=1S/C12H26N4O.HI/c1-15(10-11-17-2)9-6-14-12(13)16-7-4-3-5-8-16;/h3-11H2,1-2H3,(H2,13,14);1H. The number of nitrogens with zero attached hydrogens (tertiary/aromatic N) is 3. The third kappa shape index (κ3) is 7.38. The van der Waals surface area contributed by atoms with Crippen molar-refractivity contribution in [3.63, 3.8) is 0 Å². The molecule has 1 aliphatic rings. The zero-order chi connectivity index (χ0) is 12.5. The average molecular weight is 370 g/mol. The van der Waals surface area contributed by atoms with Gasteiger partial charge in [-0.1, -0.05) is 0 Å². The Kier molecular flexibility index (Phi) is 10.8. The Hall–Kier alpha value is -0.0800. The zero-order valence-electron chi connectivity index (χ0n) is 11.6. The monoisotopic (exact) mass is 370 g/mol. The van der Waals surface area contributed by atoms with E-state index in [2.05, 4.69) is 21.8 Å². The number of nitrogens with two attached hydrogens (primary N) is 1. The highest BCUT2D eigenvalue weighted by atomic mass is 127. The summed E-state index contributed by atoms with van der Waals surface area (Å²) in [5.74, 6) is 0.713. The number of aliphatic imine (C=N–C) groups is 1. The van der Waals surface area contributed by atoms with Crippen LogP contribution >= 0.6 is 24.0 Å². The predicted octanol–water partition coefficient (Wildman–Crippen LogP) is 0.983. The van der Waals surface area contributed by atoms with Gasteiger partial charge >= 0.3 is 0 Å². The largest absolute Gasteiger partial charge is 0.383 e. The molecule has 18 heavy (non-hydrogen) atoms. The first-order valence-electron chi connectivity index (χ1n) is 6.46. The number of likely N-dealkylation sites (tertiary alicyclic amines) is 1. The van der Waals surface area contributed by atoms with E-state index in [1.807, 2.05) is 0 Å². The summed E-state index contributed by atoms with van der Waals surface area (Å²) in [6, 6.07) is 0. The van der Waals surface area contributed by atoms with Crippen LogP contribution in [0, 0.1) is 0 Å². The van der Waals surface area contributed by atoms with Gasteiger partial charge < -0.3 is 20.3 Å². The number of rotatable bonds is 6. The number of halogens is 1. The lowest BCUT2D eigenvalue weighted by molar-refractivity contribution is 0.163. The van der Waals surface area contributed by atoms with Crippen molar-refractivity contribution in [2.24, 2.45) is 10.7 Å². The van der Waals surface area contributed by atoms with Gasteiger partial charge in [0.1, 0.15) is 0 Å². The molecule has 0 aromatic rings. The average Bonchev–Trinajstić information content (AvgIpc) is 2.37. The molecule has 1 saturated heterocycles. The molecule has 0 unspecified atom stereocenters. The van der Waals surface area contributed by atoms with Crippen molar-refractivity contribution in [2.75, 3.05) is 53.5 Å². The molecule has 0 aliphatic carbocycles. The fraction of sp³-hybridized carbons (Fsp3) is 0.917. The van der Waals surface area contributed by atoms with Gasteiger partial charge in [0.15, 0.2) is 5.96 Å². The van der Waals surface area contributed by atoms with Crippen molar-refractivity contribution < 1.29 is 4.74 Å². The van der Waals surface area contributed by atoms with Gasteiger partial charge in [-0.15, -0.1) is 24.0 Å². The highest BCUT2D eigenvalue weighted by Crippen LogP contribution is 2.07. The Morgan fingerprint density at radius 1 is 1.28 bits per heavy atom. The van der Waals surface area contributed by atoms with E-state index in [1.54, 1.807) is 7.11 Å². The summed E-state index contributed by atoms with van der Waals surface area (Å²) in [4.78, 5) is 8.83. The summed E-state index contributed by atoms with van der Waals surface area (Å²) in [5.41, 5.74) is 5.97. The molecule has 0 radical (unpaired) electrons. The number of likely N-dealkylation sites (N-methyl/N-ethyl adjacent to an activating group) is 1. The minimum Gasteiger partial charge on any atom is -0.383 e. The van der Waals surface area contributed by atoms with E-state index < -0.39 is 0 Å². The molecule has 0 spiro atoms. The van der Waals surface area contributed by atoms with E-state index in [-0.39, 0.29) is 24.0 Å². The molecule has 1 aliphatic heterocycles. The number of methoxy groups -OCH3 is 1. The Balaban J connectivity index is 0.00000289. The Morgan fingerprint density at radius 2 is 1.94 bits per heavy atom. The Labute approximate surface area is 128 Å². The summed E-state index contributed by atoms with van der Waals surface area (Å²) in [6.07, 6.45) is 3.80. The molecule has 1 heterocycles. The molecule has 0 saturated carbocycles. The normalized spacial score (nSPS) is 16.8. The second kappa shape index (κ2) is 10.8. The van der Waals surface area contributed by atoms with Crippen LogP contribution in [0.3, 0.4) is 0 Å². The lowest BCUT2D eigenvalue weighted by atomic mass is 10.1. The number of piperidine rings is 1. The van der Waals surface area contributed by atoms with Crippen molar-refractivity contribution in [3.05, 3.63) is 0 Å². The molecule has 0 aromatic carbocycles. The molecular formula is C12H27IN4O. The molecular weight excluding hydrogens is 343 g/mol. The first-order chi connectivity index (χ1) is 8.24. The first kappa shape index (κ1) is 17.9. The van der Waals surface area contributed by atoms with Crippen molar-refractivity contribution >= 4 is 29.9 Å². The molecule has 5 nitrogen and oxygen atoms in total. The third-order valence-electron chi connectivity index (χ3n) is 3.11. The van der Waals surface area contributed by atoms with Crippen LogP contribution in [0.4, 0.5) is 0 Å². The van der Waals surface area contributed by atoms with Gasteiger partial charge in [-0.3, -0.25) is 4.99 Å². The number of ether oxygens (including phenoxy) is 1. The van der Waals surface area contributed by atoms with Gasteiger partial charge in [0, 0.05) is 33.3 Å². The van der Waals surface area contributed by atoms with Gasteiger partial charge in [-0.05, 0) is 26.3 Å². The summed E-state index contributed by atoms with van der Waals surface area (Å²) in [7, 11) is 3.80. The molecule has 0 aromatic heterocycles. The summed E-state index contributed by atoms with van der Waals surface area (Å²) in [5, 5.41) is 0. The quantitative estimate of drug-likeness (QED) is 0.430. The highest BCUT2D eigenvalue weighted by molar-refractivity contribution is 14.0. The van der Waals surface area contributed by atoms with Crippen LogP contribution in [0.2, 0.25) is 0 Å². The lowest BCUT2D eigenvalue weighted by Crippen LogP contribution is -2.41. The van der Waals surface area contributed by atoms with Crippen LogP contribution in [0.1, 0.15) is 19.3 Å². The van der Waals surface area contributed by atoms with Crippen molar-refractivity contribution in [2.45, 2.75) is 19.3 Å². The highest BCUT2D eigenvalue weighted by Gasteiger charge is 2.11. The fourth-order valence-electron chi connectivity index (χ4n) is 1.92. The van der Waals surface area contributed by atoms with Gasteiger partial charge in [0.05, 0.1) is 13.2 Å². The molecule has 1 fully saturated rings. The summed E-state index contributed by atoms with van der Waals surface area (Å²) >= 11 is 0. The zero-order valence-corrected chi connectivity index (χ0v) is 13.9. The van der Waals surface area contributed by atoms with E-state index in [1.165, 1.54) is 19.3 Å².